The molecule has 19 heavy (non-hydrogen) atoms. The zero-order chi connectivity index (χ0) is 13.4. The van der Waals surface area contributed by atoms with Crippen molar-refractivity contribution >= 4 is 28.9 Å². The highest BCUT2D eigenvalue weighted by Crippen LogP contribution is 2.48. The third-order valence-corrected chi connectivity index (χ3v) is 5.65. The van der Waals surface area contributed by atoms with Crippen LogP contribution in [0.15, 0.2) is 18.2 Å². The lowest BCUT2D eigenvalue weighted by molar-refractivity contribution is 0.337. The van der Waals surface area contributed by atoms with Gasteiger partial charge in [0.15, 0.2) is 0 Å². The molecule has 1 aromatic carbocycles. The molecular weight excluding hydrogens is 277 g/mol. The molecular formula is C16H21Cl2N. The zero-order valence-electron chi connectivity index (χ0n) is 11.4. The van der Waals surface area contributed by atoms with Gasteiger partial charge in [0.25, 0.3) is 0 Å². The Bertz CT molecular complexity index is 460. The van der Waals surface area contributed by atoms with E-state index >= 15 is 0 Å². The van der Waals surface area contributed by atoms with Gasteiger partial charge in [0.1, 0.15) is 0 Å². The summed E-state index contributed by atoms with van der Waals surface area (Å²) < 4.78 is 0. The summed E-state index contributed by atoms with van der Waals surface area (Å²) in [4.78, 5) is 2.36. The van der Waals surface area contributed by atoms with Gasteiger partial charge in [0, 0.05) is 30.2 Å². The average molecular weight is 298 g/mol. The molecule has 2 bridgehead atoms. The predicted octanol–water partition coefficient (Wildman–Crippen LogP) is 4.95. The molecule has 0 radical (unpaired) electrons. The molecule has 2 aliphatic rings. The number of fused-ring (bicyclic) bond motifs is 2. The first kappa shape index (κ1) is 13.6. The highest BCUT2D eigenvalue weighted by Gasteiger charge is 2.39. The third-order valence-electron chi connectivity index (χ3n) is 5.01. The second-order valence-electron chi connectivity index (χ2n) is 6.22. The van der Waals surface area contributed by atoms with Crippen LogP contribution in [0.2, 0.25) is 5.02 Å². The van der Waals surface area contributed by atoms with E-state index in [1.807, 2.05) is 12.1 Å². The predicted molar refractivity (Wildman–Crippen MR) is 83.2 cm³/mol. The van der Waals surface area contributed by atoms with E-state index in [9.17, 15) is 0 Å². The Hall–Kier alpha value is -0.400. The first-order valence-corrected chi connectivity index (χ1v) is 8.14. The van der Waals surface area contributed by atoms with Gasteiger partial charge in [-0.15, -0.1) is 11.6 Å². The van der Waals surface area contributed by atoms with Crippen LogP contribution in [0.3, 0.4) is 0 Å². The van der Waals surface area contributed by atoms with E-state index < -0.39 is 0 Å². The maximum atomic E-state index is 6.24. The summed E-state index contributed by atoms with van der Waals surface area (Å²) in [6.07, 6.45) is 5.84. The van der Waals surface area contributed by atoms with Crippen LogP contribution in [0.25, 0.3) is 0 Å². The van der Waals surface area contributed by atoms with Crippen molar-refractivity contribution in [1.29, 1.82) is 0 Å². The maximum absolute atomic E-state index is 6.24. The van der Waals surface area contributed by atoms with Crippen LogP contribution in [-0.4, -0.2) is 13.6 Å². The van der Waals surface area contributed by atoms with Gasteiger partial charge < -0.3 is 4.90 Å². The van der Waals surface area contributed by atoms with E-state index in [4.69, 9.17) is 23.2 Å². The number of hydrogen-bond acceptors (Lipinski definition) is 1. The Labute approximate surface area is 125 Å². The second-order valence-corrected chi connectivity index (χ2v) is 6.90. The number of rotatable bonds is 4. The van der Waals surface area contributed by atoms with Gasteiger partial charge in [-0.3, -0.25) is 0 Å². The minimum absolute atomic E-state index is 0.481. The lowest BCUT2D eigenvalue weighted by Gasteiger charge is -2.28. The number of alkyl halides is 1. The highest BCUT2D eigenvalue weighted by atomic mass is 35.5. The summed E-state index contributed by atoms with van der Waals surface area (Å²) in [5, 5.41) is 0.785. The lowest BCUT2D eigenvalue weighted by atomic mass is 9.88. The molecule has 0 heterocycles. The average Bonchev–Trinajstić information content (AvgIpc) is 3.00. The highest BCUT2D eigenvalue weighted by molar-refractivity contribution is 6.32. The van der Waals surface area contributed by atoms with Gasteiger partial charge in [-0.05, 0) is 54.7 Å². The standard InChI is InChI=1S/C16H21Cl2N/c1-19(10-14-7-11-2-3-12(14)6-11)15-5-4-13(9-17)16(18)8-15/h4-5,8,11-12,14H,2-3,6-7,9-10H2,1H3. The lowest BCUT2D eigenvalue weighted by Crippen LogP contribution is -2.28. The van der Waals surface area contributed by atoms with E-state index in [1.54, 1.807) is 0 Å². The Morgan fingerprint density at radius 1 is 1.26 bits per heavy atom. The van der Waals surface area contributed by atoms with E-state index in [1.165, 1.54) is 31.4 Å². The maximum Gasteiger partial charge on any atom is 0.0488 e. The minimum atomic E-state index is 0.481. The van der Waals surface area contributed by atoms with Crippen LogP contribution in [0.5, 0.6) is 0 Å². The van der Waals surface area contributed by atoms with Crippen molar-refractivity contribution in [1.82, 2.24) is 0 Å². The Balaban J connectivity index is 1.67. The molecule has 0 saturated heterocycles. The zero-order valence-corrected chi connectivity index (χ0v) is 12.9. The number of nitrogens with zero attached hydrogens (tertiary/aromatic N) is 1. The van der Waals surface area contributed by atoms with Gasteiger partial charge in [-0.2, -0.15) is 0 Å². The third kappa shape index (κ3) is 2.73. The molecule has 1 nitrogen and oxygen atoms in total. The SMILES string of the molecule is CN(CC1CC2CCC1C2)c1ccc(CCl)c(Cl)c1. The Morgan fingerprint density at radius 3 is 2.68 bits per heavy atom. The minimum Gasteiger partial charge on any atom is -0.374 e. The van der Waals surface area contributed by atoms with Crippen LogP contribution in [0.4, 0.5) is 5.69 Å². The monoisotopic (exact) mass is 297 g/mol. The fraction of sp³-hybridized carbons (Fsp3) is 0.625. The summed E-state index contributed by atoms with van der Waals surface area (Å²) in [5.41, 5.74) is 2.22. The van der Waals surface area contributed by atoms with E-state index in [0.717, 1.165) is 34.9 Å². The van der Waals surface area contributed by atoms with Crippen molar-refractivity contribution in [2.45, 2.75) is 31.6 Å². The summed E-state index contributed by atoms with van der Waals surface area (Å²) in [6, 6.07) is 6.23. The fourth-order valence-corrected chi connectivity index (χ4v) is 4.48. The first-order valence-electron chi connectivity index (χ1n) is 7.23. The van der Waals surface area contributed by atoms with Crippen molar-refractivity contribution in [3.63, 3.8) is 0 Å². The smallest absolute Gasteiger partial charge is 0.0488 e. The fourth-order valence-electron chi connectivity index (χ4n) is 3.94. The number of hydrogen-bond donors (Lipinski definition) is 0. The first-order chi connectivity index (χ1) is 9.17. The molecule has 3 heteroatoms. The van der Waals surface area contributed by atoms with Gasteiger partial charge >= 0.3 is 0 Å². The Morgan fingerprint density at radius 2 is 2.11 bits per heavy atom. The van der Waals surface area contributed by atoms with E-state index in [0.29, 0.717) is 5.88 Å². The van der Waals surface area contributed by atoms with Crippen LogP contribution in [-0.2, 0) is 5.88 Å². The number of anilines is 1. The van der Waals surface area contributed by atoms with Crippen molar-refractivity contribution in [2.24, 2.45) is 17.8 Å². The normalized spacial score (nSPS) is 28.9. The molecule has 0 amide bonds. The molecule has 0 aromatic heterocycles. The molecule has 1 aromatic rings. The number of benzene rings is 1. The molecule has 3 unspecified atom stereocenters. The molecule has 2 fully saturated rings. The van der Waals surface area contributed by atoms with Crippen molar-refractivity contribution in [3.8, 4) is 0 Å². The molecule has 2 aliphatic carbocycles. The number of halogens is 2. The van der Waals surface area contributed by atoms with Crippen LogP contribution in [0.1, 0.15) is 31.2 Å². The molecule has 0 aliphatic heterocycles. The van der Waals surface area contributed by atoms with Gasteiger partial charge in [0.2, 0.25) is 0 Å². The second kappa shape index (κ2) is 5.54. The summed E-state index contributed by atoms with van der Waals surface area (Å²) in [5.74, 6) is 3.36. The van der Waals surface area contributed by atoms with Crippen LogP contribution < -0.4 is 4.90 Å². The molecule has 3 atom stereocenters. The van der Waals surface area contributed by atoms with Crippen molar-refractivity contribution in [3.05, 3.63) is 28.8 Å². The quantitative estimate of drug-likeness (QED) is 0.711. The summed E-state index contributed by atoms with van der Waals surface area (Å²) in [7, 11) is 2.18. The molecule has 3 rings (SSSR count). The molecule has 104 valence electrons. The topological polar surface area (TPSA) is 3.24 Å². The largest absolute Gasteiger partial charge is 0.374 e. The van der Waals surface area contributed by atoms with E-state index in [-0.39, 0.29) is 0 Å². The van der Waals surface area contributed by atoms with Crippen molar-refractivity contribution < 1.29 is 0 Å². The molecule has 0 N–H and O–H groups in total. The van der Waals surface area contributed by atoms with Gasteiger partial charge in [-0.1, -0.05) is 24.1 Å². The molecule has 0 spiro atoms. The van der Waals surface area contributed by atoms with Gasteiger partial charge in [0.05, 0.1) is 0 Å². The summed E-state index contributed by atoms with van der Waals surface area (Å²) >= 11 is 12.1. The molecule has 2 saturated carbocycles. The van der Waals surface area contributed by atoms with Gasteiger partial charge in [-0.25, -0.2) is 0 Å². The Kier molecular flexibility index (Phi) is 3.96. The van der Waals surface area contributed by atoms with Crippen molar-refractivity contribution in [2.75, 3.05) is 18.5 Å². The van der Waals surface area contributed by atoms with Crippen LogP contribution in [0, 0.1) is 17.8 Å². The van der Waals surface area contributed by atoms with E-state index in [2.05, 4.69) is 18.0 Å². The van der Waals surface area contributed by atoms with Crippen LogP contribution >= 0.6 is 23.2 Å². The summed E-state index contributed by atoms with van der Waals surface area (Å²) in [6.45, 7) is 1.16.